The van der Waals surface area contributed by atoms with Gasteiger partial charge in [0.25, 0.3) is 0 Å². The van der Waals surface area contributed by atoms with Crippen LogP contribution < -0.4 is 10.5 Å². The van der Waals surface area contributed by atoms with E-state index in [1.54, 1.807) is 36.4 Å². The SMILES string of the molecule is Cl.NCCOc1ccc(S(=O)(=O)C2CS(O)(O)c3ccccc32)cc1. The molecule has 9 heteroatoms. The zero-order valence-electron chi connectivity index (χ0n) is 13.2. The quantitative estimate of drug-likeness (QED) is 0.705. The van der Waals surface area contributed by atoms with E-state index in [4.69, 9.17) is 10.5 Å². The van der Waals surface area contributed by atoms with Crippen molar-refractivity contribution >= 4 is 32.8 Å². The number of benzene rings is 2. The van der Waals surface area contributed by atoms with Crippen LogP contribution in [0.25, 0.3) is 0 Å². The summed E-state index contributed by atoms with van der Waals surface area (Å²) in [6.45, 7) is 0.722. The van der Waals surface area contributed by atoms with Crippen LogP contribution in [0.1, 0.15) is 10.8 Å². The second kappa shape index (κ2) is 7.53. The highest BCUT2D eigenvalue weighted by Crippen LogP contribution is 2.61. The molecule has 0 amide bonds. The van der Waals surface area contributed by atoms with Gasteiger partial charge in [-0.05, 0) is 35.9 Å². The molecule has 0 saturated carbocycles. The van der Waals surface area contributed by atoms with Gasteiger partial charge in [0.2, 0.25) is 0 Å². The lowest BCUT2D eigenvalue weighted by atomic mass is 10.2. The van der Waals surface area contributed by atoms with Crippen molar-refractivity contribution in [1.82, 2.24) is 0 Å². The normalized spacial score (nSPS) is 19.6. The molecule has 0 radical (unpaired) electrons. The molecule has 1 aliphatic heterocycles. The fraction of sp³-hybridized carbons (Fsp3) is 0.250. The molecule has 1 atom stereocenters. The third-order valence-electron chi connectivity index (χ3n) is 3.92. The molecule has 1 heterocycles. The average molecular weight is 406 g/mol. The van der Waals surface area contributed by atoms with Crippen LogP contribution in [0.4, 0.5) is 0 Å². The van der Waals surface area contributed by atoms with Crippen LogP contribution in [-0.2, 0) is 9.84 Å². The fourth-order valence-corrected chi connectivity index (χ4v) is 7.17. The van der Waals surface area contributed by atoms with E-state index < -0.39 is 25.7 Å². The number of hydrogen-bond donors (Lipinski definition) is 3. The number of hydrogen-bond acceptors (Lipinski definition) is 6. The van der Waals surface area contributed by atoms with Gasteiger partial charge in [0, 0.05) is 6.54 Å². The van der Waals surface area contributed by atoms with E-state index in [1.165, 1.54) is 12.1 Å². The van der Waals surface area contributed by atoms with Crippen LogP contribution in [0.2, 0.25) is 0 Å². The van der Waals surface area contributed by atoms with Gasteiger partial charge in [0.05, 0.1) is 15.5 Å². The first-order chi connectivity index (χ1) is 11.4. The van der Waals surface area contributed by atoms with Crippen molar-refractivity contribution in [2.45, 2.75) is 15.0 Å². The van der Waals surface area contributed by atoms with E-state index in [1.807, 2.05) is 0 Å². The number of nitrogens with two attached hydrogens (primary N) is 1. The monoisotopic (exact) mass is 405 g/mol. The zero-order chi connectivity index (χ0) is 17.4. The molecule has 0 bridgehead atoms. The van der Waals surface area contributed by atoms with E-state index in [-0.39, 0.29) is 23.1 Å². The summed E-state index contributed by atoms with van der Waals surface area (Å²) in [7, 11) is -6.82. The van der Waals surface area contributed by atoms with Crippen molar-refractivity contribution in [3.8, 4) is 5.75 Å². The number of halogens is 1. The Hall–Kier alpha value is -1.29. The summed E-state index contributed by atoms with van der Waals surface area (Å²) in [5, 5.41) is -0.963. The first kappa shape index (κ1) is 20.0. The molecule has 2 aromatic carbocycles. The highest BCUT2D eigenvalue weighted by molar-refractivity contribution is 8.25. The fourth-order valence-electron chi connectivity index (χ4n) is 2.76. The van der Waals surface area contributed by atoms with Gasteiger partial charge in [-0.3, -0.25) is 9.11 Å². The number of fused-ring (bicyclic) bond motifs is 1. The molecule has 6 nitrogen and oxygen atoms in total. The summed E-state index contributed by atoms with van der Waals surface area (Å²) in [5.41, 5.74) is 5.82. The highest BCUT2D eigenvalue weighted by Gasteiger charge is 2.42. The Bertz CT molecular complexity index is 840. The number of rotatable bonds is 5. The minimum absolute atomic E-state index is 0. The van der Waals surface area contributed by atoms with Crippen LogP contribution in [0.15, 0.2) is 58.3 Å². The second-order valence-electron chi connectivity index (χ2n) is 5.51. The Morgan fingerprint density at radius 3 is 2.40 bits per heavy atom. The predicted octanol–water partition coefficient (Wildman–Crippen LogP) is 3.08. The molecule has 0 saturated heterocycles. The molecular formula is C16H20ClNO5S2. The van der Waals surface area contributed by atoms with Gasteiger partial charge in [0.1, 0.15) is 17.6 Å². The van der Waals surface area contributed by atoms with Crippen LogP contribution in [-0.4, -0.2) is 36.4 Å². The minimum Gasteiger partial charge on any atom is -0.492 e. The lowest BCUT2D eigenvalue weighted by molar-refractivity contribution is 0.328. The van der Waals surface area contributed by atoms with Crippen LogP contribution in [0.5, 0.6) is 5.75 Å². The second-order valence-corrected chi connectivity index (χ2v) is 9.75. The summed E-state index contributed by atoms with van der Waals surface area (Å²) in [6, 6.07) is 12.7. The third-order valence-corrected chi connectivity index (χ3v) is 8.10. The third kappa shape index (κ3) is 3.79. The van der Waals surface area contributed by atoms with Gasteiger partial charge in [-0.1, -0.05) is 18.2 Å². The highest BCUT2D eigenvalue weighted by atomic mass is 35.5. The summed E-state index contributed by atoms with van der Waals surface area (Å²) in [4.78, 5) is 0.445. The summed E-state index contributed by atoms with van der Waals surface area (Å²) >= 11 is 0. The maximum absolute atomic E-state index is 12.9. The topological polar surface area (TPSA) is 110 Å². The van der Waals surface area contributed by atoms with Crippen molar-refractivity contribution in [2.24, 2.45) is 5.73 Å². The molecule has 138 valence electrons. The van der Waals surface area contributed by atoms with Gasteiger partial charge in [0.15, 0.2) is 9.84 Å². The Morgan fingerprint density at radius 2 is 1.76 bits per heavy atom. The molecule has 2 aromatic rings. The van der Waals surface area contributed by atoms with Gasteiger partial charge in [-0.25, -0.2) is 8.42 Å². The summed E-state index contributed by atoms with van der Waals surface area (Å²) in [5.74, 6) is 0.329. The molecule has 0 spiro atoms. The summed E-state index contributed by atoms with van der Waals surface area (Å²) < 4.78 is 51.6. The van der Waals surface area contributed by atoms with Crippen molar-refractivity contribution in [2.75, 3.05) is 18.9 Å². The first-order valence-electron chi connectivity index (χ1n) is 7.38. The Labute approximate surface area is 154 Å². The van der Waals surface area contributed by atoms with E-state index >= 15 is 0 Å². The van der Waals surface area contributed by atoms with Crippen molar-refractivity contribution in [1.29, 1.82) is 0 Å². The van der Waals surface area contributed by atoms with E-state index in [0.29, 0.717) is 29.4 Å². The first-order valence-corrected chi connectivity index (χ1v) is 10.6. The smallest absolute Gasteiger partial charge is 0.187 e. The molecule has 0 aromatic heterocycles. The molecule has 4 N–H and O–H groups in total. The molecule has 0 fully saturated rings. The lowest BCUT2D eigenvalue weighted by Crippen LogP contribution is -2.15. The van der Waals surface area contributed by atoms with Crippen LogP contribution in [0.3, 0.4) is 0 Å². The number of ether oxygens (including phenoxy) is 1. The van der Waals surface area contributed by atoms with Gasteiger partial charge in [-0.15, -0.1) is 12.4 Å². The lowest BCUT2D eigenvalue weighted by Gasteiger charge is -2.27. The zero-order valence-corrected chi connectivity index (χ0v) is 15.7. The average Bonchev–Trinajstić information content (AvgIpc) is 2.86. The Morgan fingerprint density at radius 1 is 1.12 bits per heavy atom. The van der Waals surface area contributed by atoms with Crippen LogP contribution >= 0.6 is 23.0 Å². The molecular weight excluding hydrogens is 386 g/mol. The molecule has 3 rings (SSSR count). The maximum Gasteiger partial charge on any atom is 0.187 e. The predicted molar refractivity (Wildman–Crippen MR) is 101 cm³/mol. The largest absolute Gasteiger partial charge is 0.492 e. The molecule has 25 heavy (non-hydrogen) atoms. The molecule has 1 aliphatic rings. The molecule has 1 unspecified atom stereocenters. The maximum atomic E-state index is 12.9. The number of sulfone groups is 1. The molecule has 0 aliphatic carbocycles. The van der Waals surface area contributed by atoms with Gasteiger partial charge in [-0.2, -0.15) is 10.6 Å². The van der Waals surface area contributed by atoms with Crippen LogP contribution in [0, 0.1) is 0 Å². The Kier molecular flexibility index (Phi) is 6.03. The van der Waals surface area contributed by atoms with Crippen molar-refractivity contribution in [3.05, 3.63) is 54.1 Å². The van der Waals surface area contributed by atoms with Crippen molar-refractivity contribution in [3.63, 3.8) is 0 Å². The Balaban J connectivity index is 0.00000225. The van der Waals surface area contributed by atoms with E-state index in [9.17, 15) is 17.5 Å². The van der Waals surface area contributed by atoms with Gasteiger partial charge >= 0.3 is 0 Å². The van der Waals surface area contributed by atoms with E-state index in [2.05, 4.69) is 0 Å². The summed E-state index contributed by atoms with van der Waals surface area (Å²) in [6.07, 6.45) is 0. The standard InChI is InChI=1S/C16H19NO5S2.ClH/c17-9-10-22-12-5-7-13(8-6-12)24(20,21)16-11-23(18,19)15-4-2-1-3-14(15)16;/h1-8,16,18-19H,9-11,17H2;1H. The van der Waals surface area contributed by atoms with Crippen molar-refractivity contribution < 1.29 is 22.3 Å². The minimum atomic E-state index is -3.74. The van der Waals surface area contributed by atoms with Gasteiger partial charge < -0.3 is 10.5 Å². The van der Waals surface area contributed by atoms with E-state index in [0.717, 1.165) is 0 Å².